The second-order valence-electron chi connectivity index (χ2n) is 10.1. The molecule has 206 valence electrons. The van der Waals surface area contributed by atoms with Gasteiger partial charge in [0.15, 0.2) is 5.78 Å². The first kappa shape index (κ1) is 27.2. The van der Waals surface area contributed by atoms with E-state index in [1.165, 1.54) is 0 Å². The molecule has 1 amide bonds. The predicted molar refractivity (Wildman–Crippen MR) is 162 cm³/mol. The van der Waals surface area contributed by atoms with E-state index in [-0.39, 0.29) is 23.8 Å². The Kier molecular flexibility index (Phi) is 7.36. The highest BCUT2D eigenvalue weighted by molar-refractivity contribution is 9.10. The second-order valence-corrected chi connectivity index (χ2v) is 11.3. The molecule has 0 radical (unpaired) electrons. The van der Waals surface area contributed by atoms with Crippen molar-refractivity contribution in [2.24, 2.45) is 0 Å². The first-order chi connectivity index (χ1) is 19.9. The van der Waals surface area contributed by atoms with E-state index in [9.17, 15) is 14.4 Å². The van der Waals surface area contributed by atoms with Gasteiger partial charge < -0.3 is 4.90 Å². The minimum atomic E-state index is -0.165. The first-order valence-electron chi connectivity index (χ1n) is 13.4. The molecule has 3 heterocycles. The maximum atomic E-state index is 14.2. The molecule has 0 saturated carbocycles. The standard InChI is InChI=1S/C32H26BrClN4O3/c1-2-29(39)21-9-6-10-24(16-21)37-30-23(15-20-7-4-3-5-8-20)18-35-38(30)28-19-36(14-13-25(28)32(37)41)31(40)22-11-12-26(33)27(34)17-22/h3-12,16-18H,2,13-15,19H2,1H3. The summed E-state index contributed by atoms with van der Waals surface area (Å²) in [7, 11) is 0. The summed E-state index contributed by atoms with van der Waals surface area (Å²) >= 11 is 9.64. The number of amides is 1. The molecule has 1 aliphatic rings. The zero-order valence-electron chi connectivity index (χ0n) is 22.3. The average Bonchev–Trinajstić information content (AvgIpc) is 3.41. The number of Topliss-reactive ketones (excluding diaryl/α,β-unsaturated/α-hetero) is 1. The number of hydrogen-bond acceptors (Lipinski definition) is 4. The van der Waals surface area contributed by atoms with Gasteiger partial charge in [-0.3, -0.25) is 19.0 Å². The Morgan fingerprint density at radius 2 is 1.80 bits per heavy atom. The third kappa shape index (κ3) is 5.02. The summed E-state index contributed by atoms with van der Waals surface area (Å²) in [6, 6.07) is 22.3. The van der Waals surface area contributed by atoms with Crippen LogP contribution in [-0.4, -0.2) is 37.3 Å². The third-order valence-electron chi connectivity index (χ3n) is 7.50. The fourth-order valence-electron chi connectivity index (χ4n) is 5.40. The van der Waals surface area contributed by atoms with Crippen molar-refractivity contribution < 1.29 is 9.59 Å². The molecule has 0 N–H and O–H groups in total. The fraction of sp³-hybridized carbons (Fsp3) is 0.188. The lowest BCUT2D eigenvalue weighted by Gasteiger charge is -2.30. The Labute approximate surface area is 250 Å². The van der Waals surface area contributed by atoms with Crippen molar-refractivity contribution in [3.63, 3.8) is 0 Å². The normalized spacial score (nSPS) is 12.9. The van der Waals surface area contributed by atoms with Crippen molar-refractivity contribution in [3.05, 3.63) is 132 Å². The molecule has 0 bridgehead atoms. The summed E-state index contributed by atoms with van der Waals surface area (Å²) < 4.78 is 4.17. The average molecular weight is 630 g/mol. The smallest absolute Gasteiger partial charge is 0.261 e. The van der Waals surface area contributed by atoms with Gasteiger partial charge in [0, 0.05) is 46.1 Å². The fourth-order valence-corrected chi connectivity index (χ4v) is 5.83. The van der Waals surface area contributed by atoms with Crippen molar-refractivity contribution in [1.29, 1.82) is 0 Å². The summed E-state index contributed by atoms with van der Waals surface area (Å²) in [6.45, 7) is 2.44. The molecule has 1 aliphatic heterocycles. The maximum Gasteiger partial charge on any atom is 0.261 e. The van der Waals surface area contributed by atoms with Gasteiger partial charge in [-0.1, -0.05) is 61.0 Å². The van der Waals surface area contributed by atoms with Crippen LogP contribution in [0, 0.1) is 0 Å². The number of aromatic nitrogens is 3. The lowest BCUT2D eigenvalue weighted by Crippen LogP contribution is -2.41. The summed E-state index contributed by atoms with van der Waals surface area (Å²) in [5.74, 6) is -0.154. The molecule has 7 nitrogen and oxygen atoms in total. The van der Waals surface area contributed by atoms with Gasteiger partial charge in [-0.2, -0.15) is 5.10 Å². The molecule has 9 heteroatoms. The molecule has 41 heavy (non-hydrogen) atoms. The number of carbonyl (C=O) groups excluding carboxylic acids is 2. The zero-order chi connectivity index (χ0) is 28.7. The molecule has 0 spiro atoms. The second kappa shape index (κ2) is 11.1. The van der Waals surface area contributed by atoms with Crippen LogP contribution in [0.5, 0.6) is 0 Å². The quantitative estimate of drug-likeness (QED) is 0.207. The number of carbonyl (C=O) groups is 2. The topological polar surface area (TPSA) is 76.7 Å². The minimum absolute atomic E-state index is 0.00842. The lowest BCUT2D eigenvalue weighted by molar-refractivity contribution is 0.0729. The molecule has 6 rings (SSSR count). The van der Waals surface area contributed by atoms with E-state index >= 15 is 0 Å². The van der Waals surface area contributed by atoms with Crippen molar-refractivity contribution >= 4 is 44.9 Å². The van der Waals surface area contributed by atoms with Crippen LogP contribution in [-0.2, 0) is 19.4 Å². The van der Waals surface area contributed by atoms with Crippen LogP contribution in [0.25, 0.3) is 11.3 Å². The van der Waals surface area contributed by atoms with Gasteiger partial charge in [-0.15, -0.1) is 0 Å². The molecule has 5 aromatic rings. The summed E-state index contributed by atoms with van der Waals surface area (Å²) in [5, 5.41) is 5.20. The highest BCUT2D eigenvalue weighted by Crippen LogP contribution is 2.27. The predicted octanol–water partition coefficient (Wildman–Crippen LogP) is 6.28. The molecular formula is C32H26BrClN4O3. The highest BCUT2D eigenvalue weighted by atomic mass is 79.9. The van der Waals surface area contributed by atoms with E-state index in [1.54, 1.807) is 56.6 Å². The van der Waals surface area contributed by atoms with Crippen LogP contribution >= 0.6 is 27.5 Å². The van der Waals surface area contributed by atoms with Gasteiger partial charge in [-0.25, -0.2) is 4.52 Å². The molecule has 0 fully saturated rings. The van der Waals surface area contributed by atoms with Gasteiger partial charge in [0.2, 0.25) is 0 Å². The van der Waals surface area contributed by atoms with Crippen LogP contribution in [0.3, 0.4) is 0 Å². The largest absolute Gasteiger partial charge is 0.332 e. The zero-order valence-corrected chi connectivity index (χ0v) is 24.7. The van der Waals surface area contributed by atoms with E-state index < -0.39 is 0 Å². The Morgan fingerprint density at radius 3 is 2.56 bits per heavy atom. The van der Waals surface area contributed by atoms with Gasteiger partial charge in [-0.05, 0) is 58.2 Å². The molecule has 0 aliphatic carbocycles. The van der Waals surface area contributed by atoms with Gasteiger partial charge in [0.1, 0.15) is 5.65 Å². The summed E-state index contributed by atoms with van der Waals surface area (Å²) in [6.07, 6.45) is 3.10. The van der Waals surface area contributed by atoms with Crippen LogP contribution in [0.1, 0.15) is 56.4 Å². The third-order valence-corrected chi connectivity index (χ3v) is 8.74. The van der Waals surface area contributed by atoms with Crippen LogP contribution in [0.15, 0.2) is 88.3 Å². The SMILES string of the molecule is CCC(=O)c1cccc(-n2c(=O)c3c(n4ncc(Cc5ccccc5)c24)CN(C(=O)c2ccc(Br)c(Cl)c2)CC3)c1. The number of halogens is 2. The molecule has 2 aromatic heterocycles. The van der Waals surface area contributed by atoms with Crippen molar-refractivity contribution in [1.82, 2.24) is 19.1 Å². The van der Waals surface area contributed by atoms with E-state index in [4.69, 9.17) is 16.7 Å². The van der Waals surface area contributed by atoms with Crippen LogP contribution in [0.2, 0.25) is 5.02 Å². The summed E-state index contributed by atoms with van der Waals surface area (Å²) in [5.41, 5.74) is 5.35. The Bertz CT molecular complexity index is 1880. The Morgan fingerprint density at radius 1 is 1.00 bits per heavy atom. The van der Waals surface area contributed by atoms with Crippen molar-refractivity contribution in [2.75, 3.05) is 6.54 Å². The lowest BCUT2D eigenvalue weighted by atomic mass is 10.0. The number of hydrogen-bond donors (Lipinski definition) is 0. The van der Waals surface area contributed by atoms with Crippen molar-refractivity contribution in [2.45, 2.75) is 32.7 Å². The van der Waals surface area contributed by atoms with Crippen molar-refractivity contribution in [3.8, 4) is 5.69 Å². The van der Waals surface area contributed by atoms with Crippen LogP contribution < -0.4 is 5.56 Å². The highest BCUT2D eigenvalue weighted by Gasteiger charge is 2.29. The Hall–Kier alpha value is -4.01. The molecule has 0 atom stereocenters. The van der Waals surface area contributed by atoms with E-state index in [0.29, 0.717) is 69.0 Å². The number of benzene rings is 3. The molecule has 0 unspecified atom stereocenters. The number of rotatable bonds is 6. The number of fused-ring (bicyclic) bond motifs is 3. The van der Waals surface area contributed by atoms with E-state index in [1.807, 2.05) is 43.3 Å². The van der Waals surface area contributed by atoms with Gasteiger partial charge in [0.25, 0.3) is 11.5 Å². The summed E-state index contributed by atoms with van der Waals surface area (Å²) in [4.78, 5) is 42.0. The number of nitrogens with zero attached hydrogens (tertiary/aromatic N) is 4. The monoisotopic (exact) mass is 628 g/mol. The number of ketones is 1. The van der Waals surface area contributed by atoms with E-state index in [2.05, 4.69) is 15.9 Å². The van der Waals surface area contributed by atoms with Gasteiger partial charge >= 0.3 is 0 Å². The maximum absolute atomic E-state index is 14.2. The van der Waals surface area contributed by atoms with Crippen LogP contribution in [0.4, 0.5) is 0 Å². The minimum Gasteiger partial charge on any atom is -0.332 e. The molecule has 3 aromatic carbocycles. The van der Waals surface area contributed by atoms with Gasteiger partial charge in [0.05, 0.1) is 29.1 Å². The molecular weight excluding hydrogens is 604 g/mol. The van der Waals surface area contributed by atoms with E-state index in [0.717, 1.165) is 11.1 Å². The first-order valence-corrected chi connectivity index (χ1v) is 14.6. The Balaban J connectivity index is 1.51. The molecule has 0 saturated heterocycles.